The number of furan rings is 1. The van der Waals surface area contributed by atoms with E-state index in [0.29, 0.717) is 0 Å². The molecule has 18 heavy (non-hydrogen) atoms. The summed E-state index contributed by atoms with van der Waals surface area (Å²) in [6.07, 6.45) is 3.25. The maximum Gasteiger partial charge on any atom is 0.143 e. The first-order valence-electron chi connectivity index (χ1n) is 5.64. The normalized spacial score (nSPS) is 10.8. The highest BCUT2D eigenvalue weighted by atomic mass is 16.3. The third-order valence-electron chi connectivity index (χ3n) is 3.05. The summed E-state index contributed by atoms with van der Waals surface area (Å²) in [4.78, 5) is 0. The largest absolute Gasteiger partial charge is 0.464 e. The summed E-state index contributed by atoms with van der Waals surface area (Å²) < 4.78 is 7.10. The summed E-state index contributed by atoms with van der Waals surface area (Å²) in [5, 5.41) is 11.2. The minimum Gasteiger partial charge on any atom is -0.464 e. The number of aryl methyl sites for hydroxylation is 1. The lowest BCUT2D eigenvalue weighted by molar-refractivity contribution is 0.582. The second-order valence-corrected chi connectivity index (χ2v) is 4.17. The molecule has 0 unspecified atom stereocenters. The fourth-order valence-electron chi connectivity index (χ4n) is 1.94. The Morgan fingerprint density at radius 3 is 2.78 bits per heavy atom. The Bertz CT molecular complexity index is 657. The van der Waals surface area contributed by atoms with Crippen LogP contribution in [0.15, 0.2) is 41.3 Å². The van der Waals surface area contributed by atoms with Crippen molar-refractivity contribution >= 4 is 0 Å². The first kappa shape index (κ1) is 10.7. The van der Waals surface area contributed by atoms with Crippen LogP contribution in [0, 0.1) is 13.8 Å². The SMILES string of the molecule is Cc1cc(-n2cnnn2)cc(-c2ccco2)c1C. The van der Waals surface area contributed by atoms with E-state index in [2.05, 4.69) is 35.4 Å². The fraction of sp³-hybridized carbons (Fsp3) is 0.154. The van der Waals surface area contributed by atoms with Gasteiger partial charge in [0.1, 0.15) is 12.1 Å². The quantitative estimate of drug-likeness (QED) is 0.690. The first-order valence-corrected chi connectivity index (χ1v) is 5.64. The number of rotatable bonds is 2. The average molecular weight is 240 g/mol. The number of aromatic nitrogens is 4. The van der Waals surface area contributed by atoms with Gasteiger partial charge in [-0.1, -0.05) is 0 Å². The van der Waals surface area contributed by atoms with Crippen molar-refractivity contribution in [2.45, 2.75) is 13.8 Å². The zero-order valence-electron chi connectivity index (χ0n) is 10.2. The number of hydrogen-bond acceptors (Lipinski definition) is 4. The fourth-order valence-corrected chi connectivity index (χ4v) is 1.94. The van der Waals surface area contributed by atoms with Crippen molar-refractivity contribution in [3.05, 3.63) is 48.0 Å². The van der Waals surface area contributed by atoms with Crippen LogP contribution >= 0.6 is 0 Å². The Morgan fingerprint density at radius 1 is 1.22 bits per heavy atom. The molecule has 0 atom stereocenters. The van der Waals surface area contributed by atoms with E-state index in [4.69, 9.17) is 4.42 Å². The third kappa shape index (κ3) is 1.69. The zero-order valence-corrected chi connectivity index (χ0v) is 10.2. The topological polar surface area (TPSA) is 56.7 Å². The van der Waals surface area contributed by atoms with Gasteiger partial charge >= 0.3 is 0 Å². The number of benzene rings is 1. The second-order valence-electron chi connectivity index (χ2n) is 4.17. The van der Waals surface area contributed by atoms with Crippen LogP contribution in [0.1, 0.15) is 11.1 Å². The predicted octanol–water partition coefficient (Wildman–Crippen LogP) is 2.54. The lowest BCUT2D eigenvalue weighted by atomic mass is 10.0. The third-order valence-corrected chi connectivity index (χ3v) is 3.05. The Morgan fingerprint density at radius 2 is 2.11 bits per heavy atom. The molecule has 5 nitrogen and oxygen atoms in total. The van der Waals surface area contributed by atoms with E-state index < -0.39 is 0 Å². The molecule has 0 radical (unpaired) electrons. The summed E-state index contributed by atoms with van der Waals surface area (Å²) in [7, 11) is 0. The Labute approximate surface area is 104 Å². The maximum absolute atomic E-state index is 5.47. The molecule has 0 amide bonds. The molecule has 2 heterocycles. The van der Waals surface area contributed by atoms with Crippen molar-refractivity contribution in [3.8, 4) is 17.0 Å². The van der Waals surface area contributed by atoms with E-state index in [-0.39, 0.29) is 0 Å². The van der Waals surface area contributed by atoms with Gasteiger partial charge in [0.05, 0.1) is 12.0 Å². The zero-order chi connectivity index (χ0) is 12.5. The monoisotopic (exact) mass is 240 g/mol. The van der Waals surface area contributed by atoms with E-state index >= 15 is 0 Å². The summed E-state index contributed by atoms with van der Waals surface area (Å²) in [6, 6.07) is 7.91. The van der Waals surface area contributed by atoms with E-state index in [1.54, 1.807) is 17.3 Å². The lowest BCUT2D eigenvalue weighted by Gasteiger charge is -2.09. The molecule has 5 heteroatoms. The highest BCUT2D eigenvalue weighted by Crippen LogP contribution is 2.28. The molecule has 0 aliphatic carbocycles. The van der Waals surface area contributed by atoms with Crippen LogP contribution in [0.4, 0.5) is 0 Å². The molecule has 0 bridgehead atoms. The summed E-state index contributed by atoms with van der Waals surface area (Å²) in [5.74, 6) is 0.852. The number of tetrazole rings is 1. The van der Waals surface area contributed by atoms with Gasteiger partial charge in [-0.3, -0.25) is 0 Å². The molecular weight excluding hydrogens is 228 g/mol. The molecule has 0 N–H and O–H groups in total. The molecule has 3 aromatic rings. The molecule has 0 aliphatic heterocycles. The van der Waals surface area contributed by atoms with Crippen LogP contribution < -0.4 is 0 Å². The van der Waals surface area contributed by atoms with Crippen molar-refractivity contribution in [3.63, 3.8) is 0 Å². The second kappa shape index (κ2) is 4.10. The molecule has 1 aromatic carbocycles. The number of hydrogen-bond donors (Lipinski definition) is 0. The van der Waals surface area contributed by atoms with Gasteiger partial charge in [0, 0.05) is 5.56 Å². The van der Waals surface area contributed by atoms with Gasteiger partial charge in [-0.25, -0.2) is 4.68 Å². The summed E-state index contributed by atoms with van der Waals surface area (Å²) >= 11 is 0. The minimum atomic E-state index is 0.852. The van der Waals surface area contributed by atoms with Gasteiger partial charge in [-0.15, -0.1) is 5.10 Å². The molecule has 0 saturated carbocycles. The Balaban J connectivity index is 2.20. The first-order chi connectivity index (χ1) is 8.75. The Hall–Kier alpha value is -2.43. The molecule has 0 spiro atoms. The standard InChI is InChI=1S/C13H12N4O/c1-9-6-11(17-8-14-15-16-17)7-12(10(9)2)13-4-3-5-18-13/h3-8H,1-2H3. The van der Waals surface area contributed by atoms with E-state index in [9.17, 15) is 0 Å². The van der Waals surface area contributed by atoms with Crippen molar-refractivity contribution in [2.75, 3.05) is 0 Å². The van der Waals surface area contributed by atoms with E-state index in [1.165, 1.54) is 11.1 Å². The summed E-state index contributed by atoms with van der Waals surface area (Å²) in [5.41, 5.74) is 4.36. The predicted molar refractivity (Wildman–Crippen MR) is 66.3 cm³/mol. The van der Waals surface area contributed by atoms with Crippen LogP contribution in [0.5, 0.6) is 0 Å². The van der Waals surface area contributed by atoms with Gasteiger partial charge in [-0.2, -0.15) is 0 Å². The van der Waals surface area contributed by atoms with Gasteiger partial charge in [0.25, 0.3) is 0 Å². The molecule has 90 valence electrons. The minimum absolute atomic E-state index is 0.852. The highest BCUT2D eigenvalue weighted by Gasteiger charge is 2.10. The van der Waals surface area contributed by atoms with Crippen LogP contribution in [0.25, 0.3) is 17.0 Å². The van der Waals surface area contributed by atoms with E-state index in [0.717, 1.165) is 17.0 Å². The van der Waals surface area contributed by atoms with Crippen LogP contribution in [0.2, 0.25) is 0 Å². The molecule has 0 saturated heterocycles. The highest BCUT2D eigenvalue weighted by molar-refractivity contribution is 5.67. The van der Waals surface area contributed by atoms with Crippen molar-refractivity contribution in [1.82, 2.24) is 20.2 Å². The molecule has 0 fully saturated rings. The Kier molecular flexibility index (Phi) is 2.44. The average Bonchev–Trinajstić information content (AvgIpc) is 3.03. The number of nitrogens with zero attached hydrogens (tertiary/aromatic N) is 4. The van der Waals surface area contributed by atoms with Crippen LogP contribution in [-0.2, 0) is 0 Å². The van der Waals surface area contributed by atoms with Gasteiger partial charge in [0.2, 0.25) is 0 Å². The van der Waals surface area contributed by atoms with E-state index in [1.807, 2.05) is 18.2 Å². The molecule has 0 aliphatic rings. The maximum atomic E-state index is 5.47. The summed E-state index contributed by atoms with van der Waals surface area (Å²) in [6.45, 7) is 4.15. The smallest absolute Gasteiger partial charge is 0.143 e. The molecule has 2 aromatic heterocycles. The van der Waals surface area contributed by atoms with Crippen molar-refractivity contribution in [2.24, 2.45) is 0 Å². The van der Waals surface area contributed by atoms with Gasteiger partial charge in [0.15, 0.2) is 0 Å². The van der Waals surface area contributed by atoms with Crippen molar-refractivity contribution < 1.29 is 4.42 Å². The van der Waals surface area contributed by atoms with Gasteiger partial charge < -0.3 is 4.42 Å². The molecule has 3 rings (SSSR count). The van der Waals surface area contributed by atoms with Crippen LogP contribution in [0.3, 0.4) is 0 Å². The van der Waals surface area contributed by atoms with Crippen molar-refractivity contribution in [1.29, 1.82) is 0 Å². The lowest BCUT2D eigenvalue weighted by Crippen LogP contribution is -1.98. The molecular formula is C13H12N4O. The van der Waals surface area contributed by atoms with Gasteiger partial charge in [-0.05, 0) is 59.7 Å². The van der Waals surface area contributed by atoms with Crippen LogP contribution in [-0.4, -0.2) is 20.2 Å².